The standard InChI is InChI=1S/C23H25N3O4.C20H15ClF2N2OS/c27-12-16-1-3-18(4-2-16)24-22(28)19-11-17-13-30-8-5-20(17)25-21(19)26-14-23(15-26)6-9-29-10-7-23;1-25-8-7-11-9-17(20(26)24-18-14(21)3-2-4-15(18)23)27-19(11)13-6-5-12(22)10-16(13)25/h1-4,11-12H,5-10,13-15H2,(H,24,28);2-6,9-10H,7-8H2,1H3,(H,24,26). The van der Waals surface area contributed by atoms with E-state index in [4.69, 9.17) is 26.1 Å². The van der Waals surface area contributed by atoms with Gasteiger partial charge in [-0.2, -0.15) is 0 Å². The lowest BCUT2D eigenvalue weighted by molar-refractivity contribution is -0.000550. The van der Waals surface area contributed by atoms with E-state index in [9.17, 15) is 23.2 Å². The molecule has 0 saturated carbocycles. The zero-order valence-corrected chi connectivity index (χ0v) is 32.8. The minimum atomic E-state index is -0.587. The first-order valence-corrected chi connectivity index (χ1v) is 20.0. The summed E-state index contributed by atoms with van der Waals surface area (Å²) in [7, 11) is 1.92. The molecule has 1 spiro atoms. The molecule has 5 aromatic rings. The number of benzene rings is 3. The zero-order valence-electron chi connectivity index (χ0n) is 31.2. The third-order valence-electron chi connectivity index (χ3n) is 10.9. The average molecular weight is 812 g/mol. The van der Waals surface area contributed by atoms with Gasteiger partial charge in [-0.15, -0.1) is 11.3 Å². The summed E-state index contributed by atoms with van der Waals surface area (Å²) in [6.07, 6.45) is 4.41. The number of aromatic nitrogens is 1. The second-order valence-corrected chi connectivity index (χ2v) is 16.2. The largest absolute Gasteiger partial charge is 0.381 e. The number of carbonyl (C=O) groups is 3. The number of nitrogens with one attached hydrogen (secondary N) is 2. The lowest BCUT2D eigenvalue weighted by atomic mass is 9.73. The van der Waals surface area contributed by atoms with Gasteiger partial charge in [0.05, 0.1) is 40.1 Å². The number of thiophene rings is 1. The number of fused-ring (bicyclic) bond motifs is 4. The summed E-state index contributed by atoms with van der Waals surface area (Å²) in [6.45, 7) is 5.30. The average Bonchev–Trinajstić information content (AvgIpc) is 3.60. The lowest BCUT2D eigenvalue weighted by Crippen LogP contribution is -2.59. The minimum absolute atomic E-state index is 0.0324. The van der Waals surface area contributed by atoms with E-state index in [1.165, 1.54) is 41.7 Å². The van der Waals surface area contributed by atoms with Crippen LogP contribution in [0.2, 0.25) is 5.02 Å². The molecule has 57 heavy (non-hydrogen) atoms. The molecule has 3 aromatic carbocycles. The second-order valence-electron chi connectivity index (χ2n) is 14.8. The Balaban J connectivity index is 0.000000161. The van der Waals surface area contributed by atoms with Gasteiger partial charge in [0.25, 0.3) is 11.8 Å². The molecule has 0 radical (unpaired) electrons. The van der Waals surface area contributed by atoms with Gasteiger partial charge >= 0.3 is 0 Å². The van der Waals surface area contributed by atoms with Gasteiger partial charge in [0.2, 0.25) is 0 Å². The maximum atomic E-state index is 13.9. The van der Waals surface area contributed by atoms with Crippen molar-refractivity contribution in [1.29, 1.82) is 0 Å². The Morgan fingerprint density at radius 1 is 0.912 bits per heavy atom. The first kappa shape index (κ1) is 38.7. The van der Waals surface area contributed by atoms with Crippen LogP contribution in [-0.4, -0.2) is 69.6 Å². The van der Waals surface area contributed by atoms with Crippen molar-refractivity contribution in [3.63, 3.8) is 0 Å². The summed E-state index contributed by atoms with van der Waals surface area (Å²) in [5.41, 5.74) is 6.75. The monoisotopic (exact) mass is 811 g/mol. The van der Waals surface area contributed by atoms with Crippen LogP contribution in [0.5, 0.6) is 0 Å². The third kappa shape index (κ3) is 8.15. The molecule has 4 aliphatic heterocycles. The number of hydrogen-bond donors (Lipinski definition) is 2. The smallest absolute Gasteiger partial charge is 0.265 e. The van der Waals surface area contributed by atoms with Crippen molar-refractivity contribution in [2.24, 2.45) is 5.41 Å². The summed E-state index contributed by atoms with van der Waals surface area (Å²) in [5, 5.41) is 5.65. The van der Waals surface area contributed by atoms with E-state index in [0.717, 1.165) is 97.0 Å². The molecule has 2 fully saturated rings. The third-order valence-corrected chi connectivity index (χ3v) is 12.5. The number of amides is 2. The fourth-order valence-electron chi connectivity index (χ4n) is 7.73. The number of rotatable bonds is 6. The predicted octanol–water partition coefficient (Wildman–Crippen LogP) is 8.43. The van der Waals surface area contributed by atoms with E-state index in [1.807, 2.05) is 24.1 Å². The topological polar surface area (TPSA) is 113 Å². The fourth-order valence-corrected chi connectivity index (χ4v) is 9.08. The van der Waals surface area contributed by atoms with Crippen molar-refractivity contribution in [2.75, 3.05) is 66.9 Å². The van der Waals surface area contributed by atoms with E-state index < -0.39 is 11.7 Å². The Bertz CT molecular complexity index is 2320. The van der Waals surface area contributed by atoms with Gasteiger partial charge in [-0.3, -0.25) is 14.4 Å². The quantitative estimate of drug-likeness (QED) is 0.165. The number of hydrogen-bond acceptors (Lipinski definition) is 9. The molecule has 294 valence electrons. The number of carbonyl (C=O) groups excluding carboxylic acids is 3. The highest BCUT2D eigenvalue weighted by Gasteiger charge is 2.45. The summed E-state index contributed by atoms with van der Waals surface area (Å²) in [4.78, 5) is 47.2. The van der Waals surface area contributed by atoms with E-state index in [1.54, 1.807) is 30.3 Å². The highest BCUT2D eigenvalue weighted by atomic mass is 35.5. The molecule has 0 bridgehead atoms. The first-order valence-electron chi connectivity index (χ1n) is 18.8. The maximum absolute atomic E-state index is 13.9. The molecule has 6 heterocycles. The van der Waals surface area contributed by atoms with Crippen LogP contribution >= 0.6 is 22.9 Å². The number of nitrogens with zero attached hydrogens (tertiary/aromatic N) is 3. The normalized spacial score (nSPS) is 16.5. The van der Waals surface area contributed by atoms with E-state index in [-0.39, 0.29) is 27.8 Å². The molecule has 0 atom stereocenters. The summed E-state index contributed by atoms with van der Waals surface area (Å²) in [6, 6.07) is 19.5. The van der Waals surface area contributed by atoms with E-state index >= 15 is 0 Å². The van der Waals surface area contributed by atoms with Crippen molar-refractivity contribution in [1.82, 2.24) is 4.98 Å². The number of para-hydroxylation sites is 1. The van der Waals surface area contributed by atoms with Crippen molar-refractivity contribution in [2.45, 2.75) is 32.3 Å². The van der Waals surface area contributed by atoms with Gasteiger partial charge in [-0.1, -0.05) is 17.7 Å². The number of pyridine rings is 1. The highest BCUT2D eigenvalue weighted by Crippen LogP contribution is 2.44. The van der Waals surface area contributed by atoms with Crippen LogP contribution in [0.25, 0.3) is 10.4 Å². The zero-order chi connectivity index (χ0) is 39.7. The van der Waals surface area contributed by atoms with Crippen molar-refractivity contribution in [3.05, 3.63) is 122 Å². The molecule has 2 aromatic heterocycles. The molecule has 2 amide bonds. The molecule has 2 saturated heterocycles. The van der Waals surface area contributed by atoms with Gasteiger partial charge in [0, 0.05) is 84.7 Å². The number of aldehydes is 1. The van der Waals surface area contributed by atoms with E-state index in [2.05, 4.69) is 15.5 Å². The van der Waals surface area contributed by atoms with Crippen LogP contribution in [0.4, 0.5) is 31.7 Å². The molecular formula is C43H40ClF2N5O5S. The number of anilines is 4. The SMILES string of the molecule is CN1CCc2cc(C(=O)Nc3c(F)cccc3Cl)sc2-c2ccc(F)cc21.O=Cc1ccc(NC(=O)c2cc3c(nc2N2CC4(CCOCC4)C2)CCOC3)cc1. The Morgan fingerprint density at radius 2 is 1.70 bits per heavy atom. The molecule has 0 unspecified atom stereocenters. The van der Waals surface area contributed by atoms with Crippen LogP contribution in [0, 0.1) is 17.0 Å². The second kappa shape index (κ2) is 16.3. The van der Waals surface area contributed by atoms with Crippen molar-refractivity contribution in [3.8, 4) is 10.4 Å². The molecule has 4 aliphatic rings. The van der Waals surface area contributed by atoms with Crippen LogP contribution in [-0.2, 0) is 28.9 Å². The fraction of sp³-hybridized carbons (Fsp3) is 0.302. The molecule has 9 rings (SSSR count). The van der Waals surface area contributed by atoms with Gasteiger partial charge in [-0.05, 0) is 91.6 Å². The van der Waals surface area contributed by atoms with Crippen LogP contribution in [0.3, 0.4) is 0 Å². The molecular weight excluding hydrogens is 772 g/mol. The van der Waals surface area contributed by atoms with Gasteiger partial charge < -0.3 is 29.9 Å². The Morgan fingerprint density at radius 3 is 2.46 bits per heavy atom. The molecule has 0 aliphatic carbocycles. The van der Waals surface area contributed by atoms with Crippen LogP contribution in [0.1, 0.15) is 60.1 Å². The van der Waals surface area contributed by atoms with Gasteiger partial charge in [0.1, 0.15) is 23.7 Å². The maximum Gasteiger partial charge on any atom is 0.265 e. The molecule has 14 heteroatoms. The van der Waals surface area contributed by atoms with Crippen LogP contribution < -0.4 is 20.4 Å². The van der Waals surface area contributed by atoms with Gasteiger partial charge in [0.15, 0.2) is 0 Å². The highest BCUT2D eigenvalue weighted by molar-refractivity contribution is 7.17. The van der Waals surface area contributed by atoms with E-state index in [0.29, 0.717) is 41.4 Å². The number of halogens is 3. The van der Waals surface area contributed by atoms with Crippen molar-refractivity contribution >= 4 is 63.9 Å². The van der Waals surface area contributed by atoms with Crippen LogP contribution in [0.15, 0.2) is 72.8 Å². The minimum Gasteiger partial charge on any atom is -0.381 e. The molecule has 10 nitrogen and oxygen atoms in total. The Labute approximate surface area is 337 Å². The predicted molar refractivity (Wildman–Crippen MR) is 218 cm³/mol. The van der Waals surface area contributed by atoms with Gasteiger partial charge in [-0.25, -0.2) is 13.8 Å². The summed E-state index contributed by atoms with van der Waals surface area (Å²) < 4.78 is 38.7. The first-order chi connectivity index (χ1) is 27.6. The Kier molecular flexibility index (Phi) is 11.1. The summed E-state index contributed by atoms with van der Waals surface area (Å²) >= 11 is 7.30. The van der Waals surface area contributed by atoms with Crippen molar-refractivity contribution < 1.29 is 32.6 Å². The molecule has 2 N–H and O–H groups in total. The number of likely N-dealkylation sites (N-methyl/N-ethyl adjacent to an activating group) is 1. The Hall–Kier alpha value is -5.21. The lowest BCUT2D eigenvalue weighted by Gasteiger charge is -2.53. The summed E-state index contributed by atoms with van der Waals surface area (Å²) in [5.74, 6) is -0.742. The number of ether oxygens (including phenoxy) is 2.